The first kappa shape index (κ1) is 14.2. The molecule has 5 atom stereocenters. The molecule has 2 aliphatic carbocycles. The first-order chi connectivity index (χ1) is 9.30. The second-order valence-electron chi connectivity index (χ2n) is 5.67. The van der Waals surface area contributed by atoms with Crippen molar-refractivity contribution in [2.45, 2.75) is 31.3 Å². The Morgan fingerprint density at radius 2 is 2.05 bits per heavy atom. The molecule has 108 valence electrons. The van der Waals surface area contributed by atoms with Crippen molar-refractivity contribution in [1.82, 2.24) is 0 Å². The zero-order chi connectivity index (χ0) is 13.2. The maximum absolute atomic E-state index is 5.97. The summed E-state index contributed by atoms with van der Waals surface area (Å²) < 4.78 is 17.4. The van der Waals surface area contributed by atoms with Gasteiger partial charge in [-0.05, 0) is 24.7 Å². The van der Waals surface area contributed by atoms with E-state index in [9.17, 15) is 0 Å². The molecule has 1 saturated heterocycles. The summed E-state index contributed by atoms with van der Waals surface area (Å²) in [5.41, 5.74) is 0. The average Bonchev–Trinajstić information content (AvgIpc) is 3.15. The van der Waals surface area contributed by atoms with Crippen LogP contribution in [-0.2, 0) is 14.2 Å². The van der Waals surface area contributed by atoms with Crippen LogP contribution in [0.2, 0.25) is 0 Å². The van der Waals surface area contributed by atoms with Gasteiger partial charge in [-0.2, -0.15) is 0 Å². The number of fused-ring (bicyclic) bond motifs is 2. The first-order valence-electron chi connectivity index (χ1n) is 6.99. The van der Waals surface area contributed by atoms with Crippen molar-refractivity contribution in [1.29, 1.82) is 0 Å². The van der Waals surface area contributed by atoms with Crippen molar-refractivity contribution >= 4 is 23.2 Å². The Kier molecular flexibility index (Phi) is 4.70. The molecule has 0 aromatic rings. The first-order valence-corrected chi connectivity index (χ1v) is 8.06. The van der Waals surface area contributed by atoms with Crippen molar-refractivity contribution in [3.8, 4) is 0 Å². The summed E-state index contributed by atoms with van der Waals surface area (Å²) in [6.45, 7) is 1.12. The van der Waals surface area contributed by atoms with Crippen LogP contribution in [0.25, 0.3) is 0 Å². The van der Waals surface area contributed by atoms with E-state index in [1.165, 1.54) is 12.8 Å². The lowest BCUT2D eigenvalue weighted by Crippen LogP contribution is -2.28. The molecule has 3 nitrogen and oxygen atoms in total. The fourth-order valence-corrected chi connectivity index (χ4v) is 3.80. The lowest BCUT2D eigenvalue weighted by atomic mass is 9.93. The minimum Gasteiger partial charge on any atom is -0.373 e. The van der Waals surface area contributed by atoms with E-state index in [2.05, 4.69) is 12.2 Å². The molecule has 3 rings (SSSR count). The smallest absolute Gasteiger partial charge is 0.161 e. The van der Waals surface area contributed by atoms with Gasteiger partial charge in [0.15, 0.2) is 6.29 Å². The van der Waals surface area contributed by atoms with Gasteiger partial charge < -0.3 is 14.2 Å². The predicted octanol–water partition coefficient (Wildman–Crippen LogP) is 2.80. The molecule has 1 saturated carbocycles. The van der Waals surface area contributed by atoms with Crippen molar-refractivity contribution in [2.75, 3.05) is 25.0 Å². The molecule has 3 aliphatic rings. The van der Waals surface area contributed by atoms with Gasteiger partial charge in [-0.3, -0.25) is 0 Å². The van der Waals surface area contributed by atoms with Gasteiger partial charge in [0.05, 0.1) is 19.3 Å². The van der Waals surface area contributed by atoms with Crippen molar-refractivity contribution in [3.63, 3.8) is 0 Å². The molecule has 0 unspecified atom stereocenters. The topological polar surface area (TPSA) is 27.7 Å². The molecular formula is C14H20Cl2O3. The predicted molar refractivity (Wildman–Crippen MR) is 74.6 cm³/mol. The second-order valence-corrected chi connectivity index (χ2v) is 6.29. The van der Waals surface area contributed by atoms with Crippen molar-refractivity contribution < 1.29 is 14.2 Å². The van der Waals surface area contributed by atoms with Gasteiger partial charge in [0, 0.05) is 17.7 Å². The third-order valence-electron chi connectivity index (χ3n) is 4.31. The molecular weight excluding hydrogens is 287 g/mol. The lowest BCUT2D eigenvalue weighted by molar-refractivity contribution is -0.113. The van der Waals surface area contributed by atoms with Crippen LogP contribution in [0.15, 0.2) is 12.2 Å². The minimum absolute atomic E-state index is 0.0158. The highest BCUT2D eigenvalue weighted by Crippen LogP contribution is 2.46. The Morgan fingerprint density at radius 3 is 2.68 bits per heavy atom. The van der Waals surface area contributed by atoms with E-state index in [4.69, 9.17) is 37.4 Å². The van der Waals surface area contributed by atoms with Gasteiger partial charge in [0.1, 0.15) is 6.10 Å². The van der Waals surface area contributed by atoms with Crippen molar-refractivity contribution in [2.24, 2.45) is 17.8 Å². The van der Waals surface area contributed by atoms with Gasteiger partial charge in [0.25, 0.3) is 0 Å². The molecule has 0 spiro atoms. The summed E-state index contributed by atoms with van der Waals surface area (Å²) in [6, 6.07) is 0. The van der Waals surface area contributed by atoms with Crippen LogP contribution in [0.1, 0.15) is 12.8 Å². The van der Waals surface area contributed by atoms with E-state index >= 15 is 0 Å². The highest BCUT2D eigenvalue weighted by atomic mass is 35.5. The van der Waals surface area contributed by atoms with Crippen LogP contribution < -0.4 is 0 Å². The van der Waals surface area contributed by atoms with E-state index in [0.29, 0.717) is 36.8 Å². The van der Waals surface area contributed by atoms with Gasteiger partial charge in [0.2, 0.25) is 0 Å². The largest absolute Gasteiger partial charge is 0.373 e. The molecule has 5 heteroatoms. The molecule has 0 aromatic carbocycles. The van der Waals surface area contributed by atoms with Crippen LogP contribution in [0, 0.1) is 17.8 Å². The Labute approximate surface area is 124 Å². The number of halogens is 2. The molecule has 2 bridgehead atoms. The molecule has 0 N–H and O–H groups in total. The molecule has 1 aliphatic heterocycles. The number of rotatable bonds is 6. The van der Waals surface area contributed by atoms with Crippen LogP contribution in [0.3, 0.4) is 0 Å². The third kappa shape index (κ3) is 3.11. The van der Waals surface area contributed by atoms with Crippen LogP contribution >= 0.6 is 23.2 Å². The monoisotopic (exact) mass is 306 g/mol. The van der Waals surface area contributed by atoms with Gasteiger partial charge in [-0.1, -0.05) is 12.2 Å². The number of hydrogen-bond acceptors (Lipinski definition) is 3. The SMILES string of the molecule is ClCC(CCl)OC[C@@H]1CO[C@@H]([C@@H]2C[C@H]3C=C[C@H]2C3)O1. The quantitative estimate of drug-likeness (QED) is 0.558. The maximum atomic E-state index is 5.97. The van der Waals surface area contributed by atoms with Gasteiger partial charge in [-0.15, -0.1) is 23.2 Å². The molecule has 0 amide bonds. The van der Waals surface area contributed by atoms with Crippen LogP contribution in [0.5, 0.6) is 0 Å². The summed E-state index contributed by atoms with van der Waals surface area (Å²) >= 11 is 11.5. The number of allylic oxidation sites excluding steroid dienone is 2. The third-order valence-corrected chi connectivity index (χ3v) is 5.00. The Bertz CT molecular complexity index is 333. The highest BCUT2D eigenvalue weighted by molar-refractivity contribution is 6.21. The Morgan fingerprint density at radius 1 is 1.21 bits per heavy atom. The normalized spacial score (nSPS) is 40.7. The number of alkyl halides is 2. The van der Waals surface area contributed by atoms with Crippen molar-refractivity contribution in [3.05, 3.63) is 12.2 Å². The van der Waals surface area contributed by atoms with Gasteiger partial charge >= 0.3 is 0 Å². The standard InChI is InChI=1S/C14H20Cl2O3/c15-5-11(6-16)17-7-12-8-18-14(19-12)13-4-9-1-2-10(13)3-9/h1-2,9-14H,3-8H2/t9-,10-,12+,13+,14+/m0/s1. The van der Waals surface area contributed by atoms with E-state index in [1.54, 1.807) is 0 Å². The highest BCUT2D eigenvalue weighted by Gasteiger charge is 2.44. The van der Waals surface area contributed by atoms with E-state index in [-0.39, 0.29) is 18.5 Å². The fraction of sp³-hybridized carbons (Fsp3) is 0.857. The minimum atomic E-state index is -0.101. The van der Waals surface area contributed by atoms with Crippen LogP contribution in [-0.4, -0.2) is 43.5 Å². The summed E-state index contributed by atoms with van der Waals surface area (Å²) in [6.07, 6.45) is 6.99. The summed E-state index contributed by atoms with van der Waals surface area (Å²) in [5.74, 6) is 2.74. The zero-order valence-corrected chi connectivity index (χ0v) is 12.4. The summed E-state index contributed by atoms with van der Waals surface area (Å²) in [4.78, 5) is 0. The molecule has 19 heavy (non-hydrogen) atoms. The number of ether oxygens (including phenoxy) is 3. The molecule has 1 heterocycles. The molecule has 0 aromatic heterocycles. The Hall–Kier alpha value is 0.200. The molecule has 2 fully saturated rings. The maximum Gasteiger partial charge on any atom is 0.161 e. The van der Waals surface area contributed by atoms with E-state index in [0.717, 1.165) is 5.92 Å². The summed E-state index contributed by atoms with van der Waals surface area (Å²) in [5, 5.41) is 0. The second kappa shape index (κ2) is 6.31. The van der Waals surface area contributed by atoms with Crippen LogP contribution in [0.4, 0.5) is 0 Å². The van der Waals surface area contributed by atoms with E-state index < -0.39 is 0 Å². The van der Waals surface area contributed by atoms with Gasteiger partial charge in [-0.25, -0.2) is 0 Å². The zero-order valence-electron chi connectivity index (χ0n) is 10.8. The fourth-order valence-electron chi connectivity index (χ4n) is 3.29. The summed E-state index contributed by atoms with van der Waals surface area (Å²) in [7, 11) is 0. The average molecular weight is 307 g/mol. The Balaban J connectivity index is 1.44. The lowest BCUT2D eigenvalue weighted by Gasteiger charge is -2.24. The van der Waals surface area contributed by atoms with E-state index in [1.807, 2.05) is 0 Å². The molecule has 0 radical (unpaired) electrons. The number of hydrogen-bond donors (Lipinski definition) is 0.